The lowest BCUT2D eigenvalue weighted by Gasteiger charge is -2.36. The highest BCUT2D eigenvalue weighted by Gasteiger charge is 2.23. The molecule has 2 heterocycles. The SMILES string of the molecule is CCOc1ccccc1N1CCN(Cn2c(=S)oc3ccc(S(=O)(=O)N(C)C)cc32)CC1. The average molecular weight is 477 g/mol. The van der Waals surface area contributed by atoms with Crippen LogP contribution in [0.3, 0.4) is 0 Å². The normalized spacial score (nSPS) is 15.6. The number of hydrogen-bond acceptors (Lipinski definition) is 7. The van der Waals surface area contributed by atoms with Crippen molar-refractivity contribution in [1.82, 2.24) is 13.8 Å². The van der Waals surface area contributed by atoms with Crippen LogP contribution < -0.4 is 9.64 Å². The highest BCUT2D eigenvalue weighted by atomic mass is 32.2. The summed E-state index contributed by atoms with van der Waals surface area (Å²) in [4.78, 5) is 5.17. The Morgan fingerprint density at radius 2 is 1.81 bits per heavy atom. The summed E-state index contributed by atoms with van der Waals surface area (Å²) in [7, 11) is -0.507. The van der Waals surface area contributed by atoms with Crippen LogP contribution in [0, 0.1) is 4.84 Å². The Kier molecular flexibility index (Phi) is 6.57. The first-order valence-corrected chi connectivity index (χ1v) is 12.4. The second-order valence-corrected chi connectivity index (χ2v) is 10.4. The zero-order valence-corrected chi connectivity index (χ0v) is 20.2. The summed E-state index contributed by atoms with van der Waals surface area (Å²) in [6.07, 6.45) is 0. The average Bonchev–Trinajstić information content (AvgIpc) is 3.09. The van der Waals surface area contributed by atoms with Gasteiger partial charge in [0.2, 0.25) is 10.0 Å². The number of hydrogen-bond donors (Lipinski definition) is 0. The van der Waals surface area contributed by atoms with Crippen LogP contribution in [0.25, 0.3) is 11.1 Å². The van der Waals surface area contributed by atoms with Crippen molar-refractivity contribution in [3.05, 3.63) is 47.3 Å². The fourth-order valence-electron chi connectivity index (χ4n) is 3.87. The summed E-state index contributed by atoms with van der Waals surface area (Å²) in [6.45, 7) is 6.55. The Morgan fingerprint density at radius 3 is 2.50 bits per heavy atom. The van der Waals surface area contributed by atoms with E-state index >= 15 is 0 Å². The number of fused-ring (bicyclic) bond motifs is 1. The summed E-state index contributed by atoms with van der Waals surface area (Å²) in [5, 5.41) is 0. The number of benzene rings is 2. The number of oxazole rings is 1. The minimum Gasteiger partial charge on any atom is -0.492 e. The summed E-state index contributed by atoms with van der Waals surface area (Å²) < 4.78 is 39.7. The predicted molar refractivity (Wildman–Crippen MR) is 127 cm³/mol. The Labute approximate surface area is 193 Å². The molecular weight excluding hydrogens is 448 g/mol. The number of anilines is 1. The van der Waals surface area contributed by atoms with E-state index < -0.39 is 10.0 Å². The third-order valence-electron chi connectivity index (χ3n) is 5.64. The van der Waals surface area contributed by atoms with E-state index in [1.165, 1.54) is 18.4 Å². The van der Waals surface area contributed by atoms with Gasteiger partial charge < -0.3 is 14.1 Å². The van der Waals surface area contributed by atoms with E-state index in [2.05, 4.69) is 15.9 Å². The first-order chi connectivity index (χ1) is 15.3. The molecule has 3 aromatic rings. The van der Waals surface area contributed by atoms with Crippen LogP contribution in [0.15, 0.2) is 51.8 Å². The molecule has 1 aromatic heterocycles. The maximum atomic E-state index is 12.6. The highest BCUT2D eigenvalue weighted by Crippen LogP contribution is 2.29. The third-order valence-corrected chi connectivity index (χ3v) is 7.75. The van der Waals surface area contributed by atoms with Gasteiger partial charge in [-0.05, 0) is 49.5 Å². The van der Waals surface area contributed by atoms with Crippen LogP contribution in [-0.2, 0) is 16.7 Å². The molecule has 8 nitrogen and oxygen atoms in total. The second kappa shape index (κ2) is 9.22. The topological polar surface area (TPSA) is 71.2 Å². The molecule has 1 fully saturated rings. The predicted octanol–water partition coefficient (Wildman–Crippen LogP) is 3.39. The fourth-order valence-corrected chi connectivity index (χ4v) is 5.04. The summed E-state index contributed by atoms with van der Waals surface area (Å²) in [5.74, 6) is 0.904. The molecular formula is C22H28N4O4S2. The summed E-state index contributed by atoms with van der Waals surface area (Å²) >= 11 is 5.44. The molecule has 0 N–H and O–H groups in total. The lowest BCUT2D eigenvalue weighted by atomic mass is 10.2. The van der Waals surface area contributed by atoms with Gasteiger partial charge in [-0.1, -0.05) is 12.1 Å². The van der Waals surface area contributed by atoms with Gasteiger partial charge in [0, 0.05) is 40.3 Å². The monoisotopic (exact) mass is 476 g/mol. The van der Waals surface area contributed by atoms with Gasteiger partial charge >= 0.3 is 0 Å². The number of aromatic nitrogens is 1. The molecule has 4 rings (SSSR count). The molecule has 0 aliphatic carbocycles. The van der Waals surface area contributed by atoms with Gasteiger partial charge in [-0.25, -0.2) is 12.7 Å². The number of para-hydroxylation sites is 2. The van der Waals surface area contributed by atoms with Crippen LogP contribution in [0.4, 0.5) is 5.69 Å². The van der Waals surface area contributed by atoms with Crippen molar-refractivity contribution in [2.24, 2.45) is 0 Å². The molecule has 2 aromatic carbocycles. The lowest BCUT2D eigenvalue weighted by Crippen LogP contribution is -2.46. The van der Waals surface area contributed by atoms with Crippen molar-refractivity contribution in [3.63, 3.8) is 0 Å². The highest BCUT2D eigenvalue weighted by molar-refractivity contribution is 7.89. The largest absolute Gasteiger partial charge is 0.492 e. The molecule has 32 heavy (non-hydrogen) atoms. The molecule has 0 atom stereocenters. The number of ether oxygens (including phenoxy) is 1. The van der Waals surface area contributed by atoms with Crippen LogP contribution in [0.2, 0.25) is 0 Å². The molecule has 0 saturated carbocycles. The van der Waals surface area contributed by atoms with Crippen molar-refractivity contribution in [1.29, 1.82) is 0 Å². The van der Waals surface area contributed by atoms with E-state index in [9.17, 15) is 8.42 Å². The van der Waals surface area contributed by atoms with E-state index in [0.29, 0.717) is 29.2 Å². The van der Waals surface area contributed by atoms with Gasteiger partial charge in [-0.2, -0.15) is 0 Å². The quantitative estimate of drug-likeness (QED) is 0.484. The fraction of sp³-hybridized carbons (Fsp3) is 0.409. The minimum atomic E-state index is -3.54. The molecule has 1 aliphatic heterocycles. The third kappa shape index (κ3) is 4.40. The Bertz CT molecular complexity index is 1260. The molecule has 0 amide bonds. The molecule has 172 valence electrons. The number of sulfonamides is 1. The molecule has 1 saturated heterocycles. The number of nitrogens with zero attached hydrogens (tertiary/aromatic N) is 4. The van der Waals surface area contributed by atoms with E-state index in [1.54, 1.807) is 18.2 Å². The standard InChI is InChI=1S/C22H28N4O4S2/c1-4-29-20-8-6-5-7-18(20)25-13-11-24(12-14-25)16-26-19-15-17(32(27,28)23(2)3)9-10-21(19)30-22(26)31/h5-10,15H,4,11-14,16H2,1-3H3. The van der Waals surface area contributed by atoms with E-state index in [1.807, 2.05) is 29.7 Å². The maximum absolute atomic E-state index is 12.6. The Hall–Kier alpha value is -2.40. The zero-order valence-electron chi connectivity index (χ0n) is 18.5. The maximum Gasteiger partial charge on any atom is 0.270 e. The second-order valence-electron chi connectivity index (χ2n) is 7.86. The number of piperazine rings is 1. The van der Waals surface area contributed by atoms with Crippen LogP contribution in [0.1, 0.15) is 6.92 Å². The summed E-state index contributed by atoms with van der Waals surface area (Å²) in [5.41, 5.74) is 2.37. The molecule has 0 unspecified atom stereocenters. The van der Waals surface area contributed by atoms with Crippen LogP contribution in [-0.4, -0.2) is 69.1 Å². The van der Waals surface area contributed by atoms with Gasteiger partial charge in [-0.15, -0.1) is 0 Å². The van der Waals surface area contributed by atoms with Crippen molar-refractivity contribution < 1.29 is 17.6 Å². The van der Waals surface area contributed by atoms with Crippen LogP contribution in [0.5, 0.6) is 5.75 Å². The zero-order chi connectivity index (χ0) is 22.9. The van der Waals surface area contributed by atoms with Crippen molar-refractivity contribution in [2.45, 2.75) is 18.5 Å². The van der Waals surface area contributed by atoms with E-state index in [0.717, 1.165) is 37.6 Å². The smallest absolute Gasteiger partial charge is 0.270 e. The molecule has 0 bridgehead atoms. The van der Waals surface area contributed by atoms with Gasteiger partial charge in [0.05, 0.1) is 29.4 Å². The molecule has 1 aliphatic rings. The molecule has 0 spiro atoms. The Morgan fingerprint density at radius 1 is 1.09 bits per heavy atom. The summed E-state index contributed by atoms with van der Waals surface area (Å²) in [6, 6.07) is 13.0. The Balaban J connectivity index is 1.53. The molecule has 0 radical (unpaired) electrons. The van der Waals surface area contributed by atoms with Gasteiger partial charge in [0.15, 0.2) is 5.58 Å². The van der Waals surface area contributed by atoms with Gasteiger partial charge in [-0.3, -0.25) is 9.47 Å². The van der Waals surface area contributed by atoms with Crippen molar-refractivity contribution in [2.75, 3.05) is 51.8 Å². The van der Waals surface area contributed by atoms with Crippen molar-refractivity contribution in [3.8, 4) is 5.75 Å². The molecule has 10 heteroatoms. The lowest BCUT2D eigenvalue weighted by molar-refractivity contribution is 0.204. The first kappa shape index (κ1) is 22.8. The van der Waals surface area contributed by atoms with E-state index in [-0.39, 0.29) is 4.90 Å². The van der Waals surface area contributed by atoms with Gasteiger partial charge in [0.1, 0.15) is 5.75 Å². The first-order valence-electron chi connectivity index (χ1n) is 10.6. The van der Waals surface area contributed by atoms with Gasteiger partial charge in [0.25, 0.3) is 4.84 Å². The van der Waals surface area contributed by atoms with Crippen LogP contribution >= 0.6 is 12.2 Å². The minimum absolute atomic E-state index is 0.219. The number of rotatable bonds is 7. The van der Waals surface area contributed by atoms with Crippen molar-refractivity contribution >= 4 is 39.0 Å². The van der Waals surface area contributed by atoms with E-state index in [4.69, 9.17) is 21.4 Å².